The van der Waals surface area contributed by atoms with Crippen LogP contribution in [0.3, 0.4) is 0 Å². The normalized spacial score (nSPS) is 11.3. The van der Waals surface area contributed by atoms with Crippen molar-refractivity contribution in [1.29, 1.82) is 0 Å². The summed E-state index contributed by atoms with van der Waals surface area (Å²) in [7, 11) is -3.93. The van der Waals surface area contributed by atoms with Gasteiger partial charge in [0.05, 0.1) is 9.92 Å². The molecule has 0 aliphatic rings. The average Bonchev–Trinajstić information content (AvgIpc) is 2.54. The standard InChI is InChI=1S/C15H8Cl3N3O3S/c16-9-5-1-3-7-11(9)25(22,23)12-8-4-2-6-10(12)24-15-20-13(17)19-14(18)21-15/h1-8H. The largest absolute Gasteiger partial charge is 0.423 e. The molecule has 128 valence electrons. The van der Waals surface area contributed by atoms with Gasteiger partial charge in [-0.05, 0) is 47.5 Å². The molecule has 1 aromatic heterocycles. The number of para-hydroxylation sites is 1. The van der Waals surface area contributed by atoms with Crippen molar-refractivity contribution in [2.45, 2.75) is 9.79 Å². The molecule has 1 heterocycles. The molecule has 0 radical (unpaired) electrons. The van der Waals surface area contributed by atoms with Gasteiger partial charge >= 0.3 is 6.01 Å². The number of hydrogen-bond donors (Lipinski definition) is 0. The number of halogens is 3. The highest BCUT2D eigenvalue weighted by Gasteiger charge is 2.25. The lowest BCUT2D eigenvalue weighted by atomic mass is 10.3. The number of rotatable bonds is 4. The van der Waals surface area contributed by atoms with Gasteiger partial charge in [0.2, 0.25) is 20.4 Å². The van der Waals surface area contributed by atoms with Crippen molar-refractivity contribution in [2.75, 3.05) is 0 Å². The molecule has 3 rings (SSSR count). The first-order valence-electron chi connectivity index (χ1n) is 6.71. The van der Waals surface area contributed by atoms with E-state index in [1.54, 1.807) is 24.3 Å². The molecule has 0 aliphatic heterocycles. The maximum absolute atomic E-state index is 12.9. The van der Waals surface area contributed by atoms with Crippen molar-refractivity contribution in [2.24, 2.45) is 0 Å². The molecule has 0 bridgehead atoms. The zero-order valence-corrected chi connectivity index (χ0v) is 15.3. The summed E-state index contributed by atoms with van der Waals surface area (Å²) in [6.07, 6.45) is 0. The first-order chi connectivity index (χ1) is 11.9. The predicted molar refractivity (Wildman–Crippen MR) is 93.3 cm³/mol. The predicted octanol–water partition coefficient (Wildman–Crippen LogP) is 4.46. The Kier molecular flexibility index (Phi) is 5.10. The molecule has 0 unspecified atom stereocenters. The first-order valence-corrected chi connectivity index (χ1v) is 9.33. The van der Waals surface area contributed by atoms with E-state index in [0.29, 0.717) is 0 Å². The maximum Gasteiger partial charge on any atom is 0.327 e. The summed E-state index contributed by atoms with van der Waals surface area (Å²) >= 11 is 17.4. The highest BCUT2D eigenvalue weighted by atomic mass is 35.5. The molecule has 0 saturated heterocycles. The van der Waals surface area contributed by atoms with Gasteiger partial charge in [0.15, 0.2) is 0 Å². The van der Waals surface area contributed by atoms with E-state index in [4.69, 9.17) is 39.5 Å². The van der Waals surface area contributed by atoms with Gasteiger partial charge in [-0.1, -0.05) is 35.9 Å². The maximum atomic E-state index is 12.9. The van der Waals surface area contributed by atoms with Gasteiger partial charge in [0.1, 0.15) is 10.6 Å². The van der Waals surface area contributed by atoms with Crippen LogP contribution in [-0.2, 0) is 9.84 Å². The summed E-state index contributed by atoms with van der Waals surface area (Å²) in [4.78, 5) is 11.0. The Labute approximate surface area is 158 Å². The molecular weight excluding hydrogens is 409 g/mol. The Hall–Kier alpha value is -1.93. The number of nitrogens with zero attached hydrogens (tertiary/aromatic N) is 3. The molecule has 0 aliphatic carbocycles. The third-order valence-electron chi connectivity index (χ3n) is 3.03. The van der Waals surface area contributed by atoms with Crippen LogP contribution in [0.15, 0.2) is 58.3 Å². The molecule has 0 saturated carbocycles. The van der Waals surface area contributed by atoms with Crippen LogP contribution in [0.5, 0.6) is 11.8 Å². The molecule has 0 atom stereocenters. The Morgan fingerprint density at radius 1 is 0.760 bits per heavy atom. The summed E-state index contributed by atoms with van der Waals surface area (Å²) in [6.45, 7) is 0. The smallest absolute Gasteiger partial charge is 0.327 e. The van der Waals surface area contributed by atoms with E-state index < -0.39 is 9.84 Å². The Morgan fingerprint density at radius 3 is 1.96 bits per heavy atom. The molecule has 0 N–H and O–H groups in total. The van der Waals surface area contributed by atoms with Crippen molar-refractivity contribution in [1.82, 2.24) is 15.0 Å². The number of aromatic nitrogens is 3. The third kappa shape index (κ3) is 3.85. The minimum Gasteiger partial charge on any atom is -0.423 e. The summed E-state index contributed by atoms with van der Waals surface area (Å²) in [5.41, 5.74) is 0. The molecular formula is C15H8Cl3N3O3S. The van der Waals surface area contributed by atoms with Gasteiger partial charge < -0.3 is 4.74 Å². The van der Waals surface area contributed by atoms with Crippen molar-refractivity contribution in [3.8, 4) is 11.8 Å². The fraction of sp³-hybridized carbons (Fsp3) is 0. The molecule has 0 fully saturated rings. The molecule has 0 amide bonds. The lowest BCUT2D eigenvalue weighted by Gasteiger charge is -2.11. The van der Waals surface area contributed by atoms with E-state index in [1.807, 2.05) is 0 Å². The number of ether oxygens (including phenoxy) is 1. The van der Waals surface area contributed by atoms with Crippen molar-refractivity contribution in [3.05, 3.63) is 64.1 Å². The van der Waals surface area contributed by atoms with E-state index in [0.717, 1.165) is 0 Å². The van der Waals surface area contributed by atoms with Gasteiger partial charge in [0.25, 0.3) is 0 Å². The number of hydrogen-bond acceptors (Lipinski definition) is 6. The topological polar surface area (TPSA) is 82.0 Å². The van der Waals surface area contributed by atoms with Crippen LogP contribution in [0.4, 0.5) is 0 Å². The quantitative estimate of drug-likeness (QED) is 0.624. The number of benzene rings is 2. The average molecular weight is 417 g/mol. The first kappa shape index (κ1) is 17.9. The summed E-state index contributed by atoms with van der Waals surface area (Å²) in [5, 5.41) is -0.258. The third-order valence-corrected chi connectivity index (χ3v) is 5.66. The van der Waals surface area contributed by atoms with Crippen LogP contribution in [0, 0.1) is 0 Å². The second kappa shape index (κ2) is 7.13. The summed E-state index contributed by atoms with van der Waals surface area (Å²) in [6, 6.07) is 11.9. The fourth-order valence-corrected chi connectivity index (χ4v) is 4.23. The summed E-state index contributed by atoms with van der Waals surface area (Å²) in [5.74, 6) is 0.000697. The minimum absolute atomic E-state index is 0.000697. The Morgan fingerprint density at radius 2 is 1.32 bits per heavy atom. The lowest BCUT2D eigenvalue weighted by Crippen LogP contribution is -2.05. The van der Waals surface area contributed by atoms with Crippen molar-refractivity contribution >= 4 is 44.6 Å². The second-order valence-corrected chi connectivity index (χ2v) is 7.61. The van der Waals surface area contributed by atoms with E-state index in [1.165, 1.54) is 24.3 Å². The van der Waals surface area contributed by atoms with Gasteiger partial charge in [-0.2, -0.15) is 15.0 Å². The van der Waals surface area contributed by atoms with E-state index in [-0.39, 0.29) is 37.1 Å². The second-order valence-electron chi connectivity index (χ2n) is 4.64. The molecule has 3 aromatic rings. The van der Waals surface area contributed by atoms with Crippen LogP contribution in [0.1, 0.15) is 0 Å². The fourth-order valence-electron chi connectivity index (χ4n) is 1.99. The van der Waals surface area contributed by atoms with E-state index in [2.05, 4.69) is 15.0 Å². The van der Waals surface area contributed by atoms with Crippen LogP contribution in [0.25, 0.3) is 0 Å². The van der Waals surface area contributed by atoms with Crippen molar-refractivity contribution in [3.63, 3.8) is 0 Å². The highest BCUT2D eigenvalue weighted by Crippen LogP contribution is 2.34. The van der Waals surface area contributed by atoms with E-state index in [9.17, 15) is 8.42 Å². The van der Waals surface area contributed by atoms with Crippen molar-refractivity contribution < 1.29 is 13.2 Å². The van der Waals surface area contributed by atoms with Crippen LogP contribution < -0.4 is 4.74 Å². The van der Waals surface area contributed by atoms with E-state index >= 15 is 0 Å². The zero-order chi connectivity index (χ0) is 18.0. The summed E-state index contributed by atoms with van der Waals surface area (Å²) < 4.78 is 31.3. The van der Waals surface area contributed by atoms with Crippen LogP contribution in [-0.4, -0.2) is 23.4 Å². The molecule has 6 nitrogen and oxygen atoms in total. The Balaban J connectivity index is 2.09. The van der Waals surface area contributed by atoms with Crippen LogP contribution >= 0.6 is 34.8 Å². The van der Waals surface area contributed by atoms with Crippen LogP contribution in [0.2, 0.25) is 15.6 Å². The number of sulfone groups is 1. The Bertz CT molecular complexity index is 1020. The lowest BCUT2D eigenvalue weighted by molar-refractivity contribution is 0.427. The van der Waals surface area contributed by atoms with Gasteiger partial charge in [-0.25, -0.2) is 8.42 Å². The zero-order valence-electron chi connectivity index (χ0n) is 12.2. The van der Waals surface area contributed by atoms with Gasteiger partial charge in [-0.15, -0.1) is 0 Å². The molecule has 10 heteroatoms. The van der Waals surface area contributed by atoms with Gasteiger partial charge in [0, 0.05) is 0 Å². The molecule has 25 heavy (non-hydrogen) atoms. The SMILES string of the molecule is O=S(=O)(c1ccccc1Cl)c1ccccc1Oc1nc(Cl)nc(Cl)n1. The molecule has 2 aromatic carbocycles. The minimum atomic E-state index is -3.93. The monoisotopic (exact) mass is 415 g/mol. The molecule has 0 spiro atoms. The highest BCUT2D eigenvalue weighted by molar-refractivity contribution is 7.91. The van der Waals surface area contributed by atoms with Gasteiger partial charge in [-0.3, -0.25) is 0 Å².